The van der Waals surface area contributed by atoms with Crippen LogP contribution in [0.2, 0.25) is 0 Å². The second-order valence-electron chi connectivity index (χ2n) is 8.02. The lowest BCUT2D eigenvalue weighted by Crippen LogP contribution is -2.56. The van der Waals surface area contributed by atoms with Crippen LogP contribution in [0, 0.1) is 5.41 Å². The van der Waals surface area contributed by atoms with Gasteiger partial charge in [0.25, 0.3) is 5.91 Å². The van der Waals surface area contributed by atoms with E-state index < -0.39 is 5.41 Å². The number of fused-ring (bicyclic) bond motifs is 1. The topological polar surface area (TPSA) is 74.1 Å². The van der Waals surface area contributed by atoms with Crippen LogP contribution in [0.5, 0.6) is 0 Å². The smallest absolute Gasteiger partial charge is 0.289 e. The molecule has 2 aliphatic heterocycles. The van der Waals surface area contributed by atoms with Crippen LogP contribution in [0.1, 0.15) is 30.0 Å². The number of carbonyl (C=O) groups is 3. The van der Waals surface area contributed by atoms with Crippen LogP contribution in [0.4, 0.5) is 5.69 Å². The molecule has 0 N–H and O–H groups in total. The molecule has 0 spiro atoms. The van der Waals surface area contributed by atoms with E-state index >= 15 is 0 Å². The van der Waals surface area contributed by atoms with E-state index in [2.05, 4.69) is 0 Å². The van der Waals surface area contributed by atoms with Crippen molar-refractivity contribution >= 4 is 23.4 Å². The number of hydrogen-bond donors (Lipinski definition) is 0. The Morgan fingerprint density at radius 1 is 0.862 bits per heavy atom. The summed E-state index contributed by atoms with van der Waals surface area (Å²) in [4.78, 5) is 43.9. The lowest BCUT2D eigenvalue weighted by molar-refractivity contribution is -0.148. The van der Waals surface area contributed by atoms with E-state index in [0.717, 1.165) is 17.7 Å². The number of nitrogens with zero attached hydrogens (tertiary/aromatic N) is 3. The highest BCUT2D eigenvalue weighted by atomic mass is 16.3. The van der Waals surface area contributed by atoms with Gasteiger partial charge in [-0.15, -0.1) is 0 Å². The zero-order valence-corrected chi connectivity index (χ0v) is 16.8. The number of furan rings is 1. The fraction of sp³-hybridized carbons (Fsp3) is 0.409. The molecule has 0 radical (unpaired) electrons. The monoisotopic (exact) mass is 395 g/mol. The maximum Gasteiger partial charge on any atom is 0.289 e. The van der Waals surface area contributed by atoms with Crippen molar-refractivity contribution in [1.29, 1.82) is 0 Å². The maximum absolute atomic E-state index is 13.2. The molecule has 1 saturated heterocycles. The normalized spacial score (nSPS) is 16.7. The Kier molecular flexibility index (Phi) is 4.90. The van der Waals surface area contributed by atoms with E-state index in [0.29, 0.717) is 38.5 Å². The molecule has 0 atom stereocenters. The van der Waals surface area contributed by atoms with Gasteiger partial charge in [0.05, 0.1) is 6.26 Å². The quantitative estimate of drug-likeness (QED) is 0.747. The van der Waals surface area contributed by atoms with Crippen molar-refractivity contribution in [2.75, 3.05) is 37.6 Å². The van der Waals surface area contributed by atoms with Crippen molar-refractivity contribution in [3.63, 3.8) is 0 Å². The number of rotatable bonds is 3. The Bertz CT molecular complexity index is 927. The summed E-state index contributed by atoms with van der Waals surface area (Å²) in [5.41, 5.74) is 0.867. The molecule has 7 nitrogen and oxygen atoms in total. The molecule has 3 amide bonds. The Balaban J connectivity index is 1.41. The minimum atomic E-state index is -1.16. The summed E-state index contributed by atoms with van der Waals surface area (Å²) >= 11 is 0. The Morgan fingerprint density at radius 2 is 1.55 bits per heavy atom. The summed E-state index contributed by atoms with van der Waals surface area (Å²) in [6.07, 6.45) is 2.28. The molecule has 29 heavy (non-hydrogen) atoms. The van der Waals surface area contributed by atoms with Crippen LogP contribution >= 0.6 is 0 Å². The first-order valence-electron chi connectivity index (χ1n) is 9.91. The second kappa shape index (κ2) is 7.39. The summed E-state index contributed by atoms with van der Waals surface area (Å²) in [5, 5.41) is 0. The third kappa shape index (κ3) is 3.41. The third-order valence-electron chi connectivity index (χ3n) is 5.79. The molecule has 1 aromatic carbocycles. The zero-order valence-electron chi connectivity index (χ0n) is 16.8. The summed E-state index contributed by atoms with van der Waals surface area (Å²) < 4.78 is 5.17. The molecule has 3 heterocycles. The van der Waals surface area contributed by atoms with Gasteiger partial charge in [0.15, 0.2) is 5.76 Å². The van der Waals surface area contributed by atoms with Crippen molar-refractivity contribution in [2.45, 2.75) is 20.3 Å². The Labute approximate surface area is 169 Å². The van der Waals surface area contributed by atoms with Crippen molar-refractivity contribution in [3.05, 3.63) is 54.0 Å². The van der Waals surface area contributed by atoms with Crippen molar-refractivity contribution in [2.24, 2.45) is 5.41 Å². The molecule has 152 valence electrons. The average molecular weight is 395 g/mol. The molecule has 7 heteroatoms. The highest BCUT2D eigenvalue weighted by molar-refractivity contribution is 6.11. The maximum atomic E-state index is 13.2. The van der Waals surface area contributed by atoms with Crippen molar-refractivity contribution in [3.8, 4) is 0 Å². The van der Waals surface area contributed by atoms with Crippen LogP contribution in [-0.2, 0) is 16.0 Å². The summed E-state index contributed by atoms with van der Waals surface area (Å²) in [6, 6.07) is 11.1. The molecule has 0 aliphatic carbocycles. The van der Waals surface area contributed by atoms with Gasteiger partial charge in [-0.3, -0.25) is 14.4 Å². The van der Waals surface area contributed by atoms with Crippen LogP contribution in [0.15, 0.2) is 47.1 Å². The fourth-order valence-corrected chi connectivity index (χ4v) is 4.04. The average Bonchev–Trinajstić information content (AvgIpc) is 3.42. The van der Waals surface area contributed by atoms with E-state index in [4.69, 9.17) is 4.42 Å². The Morgan fingerprint density at radius 3 is 2.24 bits per heavy atom. The lowest BCUT2D eigenvalue weighted by atomic mass is 9.89. The number of anilines is 1. The minimum Gasteiger partial charge on any atom is -0.459 e. The van der Waals surface area contributed by atoms with E-state index in [-0.39, 0.29) is 17.7 Å². The van der Waals surface area contributed by atoms with E-state index in [1.54, 1.807) is 40.7 Å². The van der Waals surface area contributed by atoms with Crippen LogP contribution in [0.25, 0.3) is 0 Å². The van der Waals surface area contributed by atoms with E-state index in [1.165, 1.54) is 6.26 Å². The standard InChI is InChI=1S/C22H25N3O4/c1-22(2,21(28)25-10-9-16-6-3-4-7-17(16)25)20(27)24-13-11-23(12-14-24)19(26)18-8-5-15-29-18/h3-8,15H,9-14H2,1-2H3. The molecule has 1 fully saturated rings. The van der Waals surface area contributed by atoms with Gasteiger partial charge in [0.1, 0.15) is 5.41 Å². The first-order chi connectivity index (χ1) is 13.9. The van der Waals surface area contributed by atoms with Gasteiger partial charge < -0.3 is 19.1 Å². The van der Waals surface area contributed by atoms with E-state index in [9.17, 15) is 14.4 Å². The first kappa shape index (κ1) is 19.2. The van der Waals surface area contributed by atoms with E-state index in [1.807, 2.05) is 24.3 Å². The summed E-state index contributed by atoms with van der Waals surface area (Å²) in [7, 11) is 0. The number of para-hydroxylation sites is 1. The van der Waals surface area contributed by atoms with Gasteiger partial charge in [-0.05, 0) is 44.0 Å². The Hall–Kier alpha value is -3.09. The summed E-state index contributed by atoms with van der Waals surface area (Å²) in [5.74, 6) is -0.252. The third-order valence-corrected chi connectivity index (χ3v) is 5.79. The van der Waals surface area contributed by atoms with Crippen LogP contribution in [0.3, 0.4) is 0 Å². The van der Waals surface area contributed by atoms with Gasteiger partial charge in [0.2, 0.25) is 11.8 Å². The predicted octanol–water partition coefficient (Wildman–Crippen LogP) is 2.18. The molecular formula is C22H25N3O4. The highest BCUT2D eigenvalue weighted by Gasteiger charge is 2.44. The number of piperazine rings is 1. The molecular weight excluding hydrogens is 370 g/mol. The molecule has 1 aromatic heterocycles. The molecule has 0 unspecified atom stereocenters. The first-order valence-corrected chi connectivity index (χ1v) is 9.91. The molecule has 0 bridgehead atoms. The van der Waals surface area contributed by atoms with Gasteiger partial charge in [-0.2, -0.15) is 0 Å². The SMILES string of the molecule is CC(C)(C(=O)N1CCN(C(=O)c2ccco2)CC1)C(=O)N1CCc2ccccc21. The van der Waals surface area contributed by atoms with Gasteiger partial charge in [-0.25, -0.2) is 0 Å². The molecule has 0 saturated carbocycles. The van der Waals surface area contributed by atoms with Crippen molar-refractivity contribution in [1.82, 2.24) is 9.80 Å². The highest BCUT2D eigenvalue weighted by Crippen LogP contribution is 2.33. The number of carbonyl (C=O) groups excluding carboxylic acids is 3. The largest absolute Gasteiger partial charge is 0.459 e. The van der Waals surface area contributed by atoms with Crippen LogP contribution < -0.4 is 4.90 Å². The number of hydrogen-bond acceptors (Lipinski definition) is 4. The lowest BCUT2D eigenvalue weighted by Gasteiger charge is -2.38. The van der Waals surface area contributed by atoms with Gasteiger partial charge in [0, 0.05) is 38.4 Å². The van der Waals surface area contributed by atoms with Crippen LogP contribution in [-0.4, -0.2) is 60.2 Å². The summed E-state index contributed by atoms with van der Waals surface area (Å²) in [6.45, 7) is 5.62. The number of amides is 3. The molecule has 2 aliphatic rings. The van der Waals surface area contributed by atoms with Gasteiger partial charge >= 0.3 is 0 Å². The van der Waals surface area contributed by atoms with Gasteiger partial charge in [-0.1, -0.05) is 18.2 Å². The fourth-order valence-electron chi connectivity index (χ4n) is 4.04. The zero-order chi connectivity index (χ0) is 20.6. The predicted molar refractivity (Wildman–Crippen MR) is 107 cm³/mol. The second-order valence-corrected chi connectivity index (χ2v) is 8.02. The molecule has 4 rings (SSSR count). The minimum absolute atomic E-state index is 0.175. The number of benzene rings is 1. The molecule has 2 aromatic rings. The van der Waals surface area contributed by atoms with Crippen molar-refractivity contribution < 1.29 is 18.8 Å².